The normalized spacial score (nSPS) is 23.9. The van der Waals surface area contributed by atoms with Crippen LogP contribution in [-0.2, 0) is 33.3 Å². The summed E-state index contributed by atoms with van der Waals surface area (Å²) < 4.78 is 5.40. The Morgan fingerprint density at radius 3 is 2.28 bits per heavy atom. The molecule has 39 heavy (non-hydrogen) atoms. The van der Waals surface area contributed by atoms with Crippen LogP contribution in [0.2, 0.25) is 0 Å². The minimum Gasteiger partial charge on any atom is -0.380 e. The summed E-state index contributed by atoms with van der Waals surface area (Å²) in [6, 6.07) is 9.05. The van der Waals surface area contributed by atoms with Crippen molar-refractivity contribution in [3.05, 3.63) is 64.7 Å². The number of benzene rings is 2. The van der Waals surface area contributed by atoms with Crippen LogP contribution in [0.25, 0.3) is 0 Å². The molecule has 14 nitrogen and oxygen atoms in total. The summed E-state index contributed by atoms with van der Waals surface area (Å²) >= 11 is 0. The van der Waals surface area contributed by atoms with Gasteiger partial charge in [-0.3, -0.25) is 29.5 Å². The summed E-state index contributed by atoms with van der Waals surface area (Å²) in [6.45, 7) is 3.72. The second kappa shape index (κ2) is 9.62. The van der Waals surface area contributed by atoms with Gasteiger partial charge in [0.05, 0.1) is 24.3 Å². The lowest BCUT2D eigenvalue weighted by Crippen LogP contribution is -2.80. The Kier molecular flexibility index (Phi) is 6.69. The highest BCUT2D eigenvalue weighted by molar-refractivity contribution is 6.09. The predicted octanol–water partition coefficient (Wildman–Crippen LogP) is -2.93. The first kappa shape index (κ1) is 27.1. The first-order valence-electron chi connectivity index (χ1n) is 12.1. The monoisotopic (exact) mass is 544 g/mol. The molecule has 0 aromatic heterocycles. The van der Waals surface area contributed by atoms with Gasteiger partial charge in [0.25, 0.3) is 29.4 Å². The molecule has 2 saturated heterocycles. The van der Waals surface area contributed by atoms with E-state index < -0.39 is 46.8 Å². The minimum absolute atomic E-state index is 0.0157. The second-order valence-corrected chi connectivity index (χ2v) is 9.67. The number of rotatable bonds is 6. The lowest BCUT2D eigenvalue weighted by molar-refractivity contribution is -0.373. The number of amides is 3. The van der Waals surface area contributed by atoms with Crippen LogP contribution in [0.15, 0.2) is 42.5 Å². The van der Waals surface area contributed by atoms with E-state index in [0.717, 1.165) is 24.2 Å². The first-order chi connectivity index (χ1) is 18.4. The molecular weight excluding hydrogens is 516 g/mol. The van der Waals surface area contributed by atoms with E-state index in [2.05, 4.69) is 10.2 Å². The third kappa shape index (κ3) is 4.36. The number of carbonyl (C=O) groups is 3. The van der Waals surface area contributed by atoms with Gasteiger partial charge in [0.15, 0.2) is 6.04 Å². The standard InChI is InChI=1S/C25H28N4O10/c30-20-19(23(33,34)24(35,36)22(32)27-20)29-21(31)16-6-3-7-17(18(16)25(29,37)38)26-12-14-4-1-2-5-15(14)13-28-8-10-39-11-9-28/h1-7,19,26,33-38H,8-13H2,(H,27,30,32). The van der Waals surface area contributed by atoms with E-state index in [1.807, 2.05) is 24.3 Å². The number of morpholine rings is 1. The average Bonchev–Trinajstić information content (AvgIpc) is 3.09. The van der Waals surface area contributed by atoms with E-state index in [1.54, 1.807) is 0 Å². The van der Waals surface area contributed by atoms with Crippen molar-refractivity contribution < 1.29 is 49.8 Å². The highest BCUT2D eigenvalue weighted by Gasteiger charge is 2.70. The fourth-order valence-electron chi connectivity index (χ4n) is 5.11. The van der Waals surface area contributed by atoms with Crippen LogP contribution in [0.1, 0.15) is 27.0 Å². The van der Waals surface area contributed by atoms with Gasteiger partial charge >= 0.3 is 5.79 Å². The third-order valence-corrected chi connectivity index (χ3v) is 7.22. The van der Waals surface area contributed by atoms with Crippen LogP contribution < -0.4 is 10.6 Å². The summed E-state index contributed by atoms with van der Waals surface area (Å²) in [5.41, 5.74) is 1.30. The molecule has 14 heteroatoms. The molecule has 208 valence electrons. The smallest absolute Gasteiger partial charge is 0.303 e. The van der Waals surface area contributed by atoms with Gasteiger partial charge in [-0.15, -0.1) is 0 Å². The number of hydrogen-bond acceptors (Lipinski definition) is 12. The van der Waals surface area contributed by atoms with Crippen molar-refractivity contribution in [1.29, 1.82) is 0 Å². The Labute approximate surface area is 221 Å². The van der Waals surface area contributed by atoms with Crippen LogP contribution >= 0.6 is 0 Å². The highest BCUT2D eigenvalue weighted by Crippen LogP contribution is 2.44. The molecule has 2 aromatic rings. The summed E-state index contributed by atoms with van der Waals surface area (Å²) in [4.78, 5) is 39.8. The van der Waals surface area contributed by atoms with Crippen molar-refractivity contribution in [3.8, 4) is 0 Å². The molecule has 2 fully saturated rings. The fraction of sp³-hybridized carbons (Fsp3) is 0.400. The number of fused-ring (bicyclic) bond motifs is 1. The van der Waals surface area contributed by atoms with Crippen LogP contribution in [-0.4, -0.2) is 102 Å². The van der Waals surface area contributed by atoms with Gasteiger partial charge in [-0.1, -0.05) is 30.3 Å². The van der Waals surface area contributed by atoms with Crippen LogP contribution in [0.3, 0.4) is 0 Å². The molecule has 0 spiro atoms. The number of carbonyl (C=O) groups excluding carboxylic acids is 3. The fourth-order valence-corrected chi connectivity index (χ4v) is 5.11. The van der Waals surface area contributed by atoms with Gasteiger partial charge in [0.1, 0.15) is 0 Å². The molecule has 0 bridgehead atoms. The summed E-state index contributed by atoms with van der Waals surface area (Å²) in [6.07, 6.45) is 0. The quantitative estimate of drug-likeness (QED) is 0.136. The maximum Gasteiger partial charge on any atom is 0.303 e. The largest absolute Gasteiger partial charge is 0.380 e. The third-order valence-electron chi connectivity index (χ3n) is 7.22. The Hall–Kier alpha value is -3.47. The average molecular weight is 545 g/mol. The highest BCUT2D eigenvalue weighted by atomic mass is 16.6. The van der Waals surface area contributed by atoms with Crippen LogP contribution in [0.4, 0.5) is 5.69 Å². The Bertz CT molecular complexity index is 1320. The van der Waals surface area contributed by atoms with E-state index in [0.29, 0.717) is 19.8 Å². The molecule has 3 heterocycles. The molecule has 2 aromatic carbocycles. The summed E-state index contributed by atoms with van der Waals surface area (Å²) in [5, 5.41) is 67.6. The molecule has 8 N–H and O–H groups in total. The Morgan fingerprint density at radius 2 is 1.59 bits per heavy atom. The number of nitrogens with zero attached hydrogens (tertiary/aromatic N) is 2. The number of hydrogen-bond donors (Lipinski definition) is 8. The zero-order chi connectivity index (χ0) is 28.2. The molecule has 5 rings (SSSR count). The molecule has 0 saturated carbocycles. The van der Waals surface area contributed by atoms with E-state index in [4.69, 9.17) is 4.74 Å². The maximum atomic E-state index is 13.3. The summed E-state index contributed by atoms with van der Waals surface area (Å²) in [7, 11) is 0. The number of anilines is 1. The number of aliphatic hydroxyl groups is 6. The molecule has 3 amide bonds. The van der Waals surface area contributed by atoms with Crippen molar-refractivity contribution in [3.63, 3.8) is 0 Å². The lowest BCUT2D eigenvalue weighted by atomic mass is 9.90. The van der Waals surface area contributed by atoms with E-state index >= 15 is 0 Å². The first-order valence-corrected chi connectivity index (χ1v) is 12.1. The molecule has 3 aliphatic heterocycles. The lowest BCUT2D eigenvalue weighted by Gasteiger charge is -2.47. The Morgan fingerprint density at radius 1 is 0.923 bits per heavy atom. The summed E-state index contributed by atoms with van der Waals surface area (Å²) in [5.74, 6) is -15.9. The molecule has 1 atom stereocenters. The number of imide groups is 1. The van der Waals surface area contributed by atoms with E-state index in [-0.39, 0.29) is 22.7 Å². The molecule has 3 aliphatic rings. The minimum atomic E-state index is -3.99. The predicted molar refractivity (Wildman–Crippen MR) is 130 cm³/mol. The van der Waals surface area contributed by atoms with Crippen molar-refractivity contribution >= 4 is 23.4 Å². The van der Waals surface area contributed by atoms with Crippen LogP contribution in [0, 0.1) is 0 Å². The Balaban J connectivity index is 1.44. The van der Waals surface area contributed by atoms with Crippen molar-refractivity contribution in [2.45, 2.75) is 36.6 Å². The van der Waals surface area contributed by atoms with Crippen molar-refractivity contribution in [2.75, 3.05) is 31.6 Å². The van der Waals surface area contributed by atoms with Crippen molar-refractivity contribution in [2.24, 2.45) is 0 Å². The maximum absolute atomic E-state index is 13.3. The second-order valence-electron chi connectivity index (χ2n) is 9.67. The zero-order valence-corrected chi connectivity index (χ0v) is 20.6. The van der Waals surface area contributed by atoms with Gasteiger partial charge in [0, 0.05) is 31.9 Å². The topological polar surface area (TPSA) is 212 Å². The van der Waals surface area contributed by atoms with Gasteiger partial charge in [-0.25, -0.2) is 0 Å². The molecule has 0 radical (unpaired) electrons. The van der Waals surface area contributed by atoms with Crippen LogP contribution in [0.5, 0.6) is 0 Å². The van der Waals surface area contributed by atoms with Gasteiger partial charge in [-0.05, 0) is 23.3 Å². The number of nitrogens with one attached hydrogen (secondary N) is 2. The van der Waals surface area contributed by atoms with Crippen molar-refractivity contribution in [1.82, 2.24) is 15.1 Å². The molecular formula is C25H28N4O10. The van der Waals surface area contributed by atoms with E-state index in [1.165, 1.54) is 23.5 Å². The van der Waals surface area contributed by atoms with Gasteiger partial charge in [0.2, 0.25) is 0 Å². The van der Waals surface area contributed by atoms with Gasteiger partial charge in [-0.2, -0.15) is 0 Å². The van der Waals surface area contributed by atoms with E-state index in [9.17, 15) is 45.0 Å². The zero-order valence-electron chi connectivity index (χ0n) is 20.6. The molecule has 0 aliphatic carbocycles. The van der Waals surface area contributed by atoms with Gasteiger partial charge < -0.3 is 40.7 Å². The number of ether oxygens (including phenoxy) is 1. The SMILES string of the molecule is O=C1NC(=O)C(O)(O)C(O)(O)C1N1C(=O)c2cccc(NCc3ccccc3CN3CCOCC3)c2C1(O)O. The number of piperidine rings is 1. The molecule has 1 unspecified atom stereocenters.